The third kappa shape index (κ3) is 2.71. The zero-order valence-electron chi connectivity index (χ0n) is 11.1. The first-order valence-corrected chi connectivity index (χ1v) is 7.29. The maximum absolute atomic E-state index is 11.8. The average Bonchev–Trinajstić information content (AvgIpc) is 2.80. The van der Waals surface area contributed by atoms with Crippen LogP contribution in [0.3, 0.4) is 0 Å². The Kier molecular flexibility index (Phi) is 3.56. The zero-order valence-corrected chi connectivity index (χ0v) is 12.6. The van der Waals surface area contributed by atoms with Gasteiger partial charge in [0.05, 0.1) is 0 Å². The number of halogens is 2. The fourth-order valence-corrected chi connectivity index (χ4v) is 3.07. The Labute approximate surface area is 132 Å². The van der Waals surface area contributed by atoms with Gasteiger partial charge in [0.1, 0.15) is 5.54 Å². The largest absolute Gasteiger partial charge is 0.479 e. The number of anilines is 1. The molecular weight excluding hydrogens is 309 g/mol. The first-order valence-electron chi connectivity index (χ1n) is 6.53. The van der Waals surface area contributed by atoms with Crippen molar-refractivity contribution < 1.29 is 9.90 Å². The fourth-order valence-electron chi connectivity index (χ4n) is 2.75. The van der Waals surface area contributed by atoms with Gasteiger partial charge in [0, 0.05) is 28.6 Å². The summed E-state index contributed by atoms with van der Waals surface area (Å²) < 4.78 is 0. The number of nitrogens with one attached hydrogen (secondary N) is 1. The van der Waals surface area contributed by atoms with Gasteiger partial charge in [-0.1, -0.05) is 29.3 Å². The summed E-state index contributed by atoms with van der Waals surface area (Å²) in [6, 6.07) is 12.6. The molecule has 21 heavy (non-hydrogen) atoms. The van der Waals surface area contributed by atoms with Gasteiger partial charge in [-0.25, -0.2) is 4.79 Å². The monoisotopic (exact) mass is 321 g/mol. The summed E-state index contributed by atoms with van der Waals surface area (Å²) in [7, 11) is 0. The lowest BCUT2D eigenvalue weighted by atomic mass is 9.95. The van der Waals surface area contributed by atoms with E-state index < -0.39 is 11.5 Å². The molecule has 0 saturated carbocycles. The molecule has 0 saturated heterocycles. The molecule has 5 heteroatoms. The molecule has 3 nitrogen and oxygen atoms in total. The lowest BCUT2D eigenvalue weighted by Crippen LogP contribution is -2.47. The number of carboxylic acid groups (broad SMARTS) is 1. The molecule has 1 atom stereocenters. The van der Waals surface area contributed by atoms with Crippen LogP contribution in [0, 0.1) is 0 Å². The molecule has 0 heterocycles. The topological polar surface area (TPSA) is 49.3 Å². The van der Waals surface area contributed by atoms with E-state index in [0.717, 1.165) is 16.8 Å². The van der Waals surface area contributed by atoms with Gasteiger partial charge in [0.15, 0.2) is 0 Å². The van der Waals surface area contributed by atoms with Crippen LogP contribution >= 0.6 is 23.2 Å². The standard InChI is InChI=1S/C16H13Cl2NO2/c17-12-3-5-14(6-4-12)19-16(15(20)21)8-10-1-2-13(18)7-11(10)9-16/h1-7,19H,8-9H2,(H,20,21). The van der Waals surface area contributed by atoms with Crippen LogP contribution in [0.2, 0.25) is 10.0 Å². The summed E-state index contributed by atoms with van der Waals surface area (Å²) in [5.74, 6) is -0.871. The molecule has 2 aromatic rings. The van der Waals surface area contributed by atoms with E-state index in [-0.39, 0.29) is 0 Å². The van der Waals surface area contributed by atoms with E-state index in [1.165, 1.54) is 0 Å². The number of hydrogen-bond acceptors (Lipinski definition) is 2. The highest BCUT2D eigenvalue weighted by Gasteiger charge is 2.44. The lowest BCUT2D eigenvalue weighted by molar-refractivity contribution is -0.142. The minimum absolute atomic E-state index is 0.404. The van der Waals surface area contributed by atoms with Crippen LogP contribution < -0.4 is 5.32 Å². The number of rotatable bonds is 3. The molecule has 0 fully saturated rings. The van der Waals surface area contributed by atoms with E-state index in [9.17, 15) is 9.90 Å². The quantitative estimate of drug-likeness (QED) is 0.897. The van der Waals surface area contributed by atoms with Crippen LogP contribution in [0.25, 0.3) is 0 Å². The predicted molar refractivity (Wildman–Crippen MR) is 84.3 cm³/mol. The molecule has 1 aliphatic rings. The van der Waals surface area contributed by atoms with Gasteiger partial charge in [0.25, 0.3) is 0 Å². The molecule has 108 valence electrons. The van der Waals surface area contributed by atoms with E-state index in [2.05, 4.69) is 5.32 Å². The van der Waals surface area contributed by atoms with Gasteiger partial charge in [0.2, 0.25) is 0 Å². The van der Waals surface area contributed by atoms with Gasteiger partial charge < -0.3 is 10.4 Å². The first kappa shape index (κ1) is 14.2. The van der Waals surface area contributed by atoms with E-state index in [0.29, 0.717) is 22.9 Å². The van der Waals surface area contributed by atoms with Crippen LogP contribution in [0.4, 0.5) is 5.69 Å². The van der Waals surface area contributed by atoms with Crippen LogP contribution in [0.1, 0.15) is 11.1 Å². The SMILES string of the molecule is O=C(O)C1(Nc2ccc(Cl)cc2)Cc2ccc(Cl)cc2C1. The second-order valence-electron chi connectivity index (χ2n) is 5.29. The molecule has 0 spiro atoms. The maximum atomic E-state index is 11.8. The van der Waals surface area contributed by atoms with Crippen LogP contribution in [-0.4, -0.2) is 16.6 Å². The summed E-state index contributed by atoms with van der Waals surface area (Å²) >= 11 is 11.8. The molecule has 0 aromatic heterocycles. The molecule has 0 radical (unpaired) electrons. The van der Waals surface area contributed by atoms with Gasteiger partial charge >= 0.3 is 5.97 Å². The van der Waals surface area contributed by atoms with E-state index >= 15 is 0 Å². The third-order valence-corrected chi connectivity index (χ3v) is 4.28. The van der Waals surface area contributed by atoms with Crippen molar-refractivity contribution in [3.05, 3.63) is 63.6 Å². The number of fused-ring (bicyclic) bond motifs is 1. The molecule has 0 amide bonds. The van der Waals surface area contributed by atoms with Crippen LogP contribution in [0.5, 0.6) is 0 Å². The molecule has 3 rings (SSSR count). The molecule has 1 aliphatic carbocycles. The van der Waals surface area contributed by atoms with Gasteiger partial charge in [-0.3, -0.25) is 0 Å². The maximum Gasteiger partial charge on any atom is 0.330 e. The Hall–Kier alpha value is -1.71. The molecule has 0 bridgehead atoms. The smallest absolute Gasteiger partial charge is 0.330 e. The van der Waals surface area contributed by atoms with Gasteiger partial charge in [-0.05, 0) is 47.5 Å². The lowest BCUT2D eigenvalue weighted by Gasteiger charge is -2.26. The summed E-state index contributed by atoms with van der Waals surface area (Å²) in [6.07, 6.45) is 0.832. The molecule has 2 N–H and O–H groups in total. The van der Waals surface area contributed by atoms with E-state index in [1.807, 2.05) is 12.1 Å². The van der Waals surface area contributed by atoms with Crippen molar-refractivity contribution >= 4 is 34.9 Å². The van der Waals surface area contributed by atoms with Crippen molar-refractivity contribution in [3.8, 4) is 0 Å². The van der Waals surface area contributed by atoms with Crippen molar-refractivity contribution in [2.45, 2.75) is 18.4 Å². The van der Waals surface area contributed by atoms with Crippen molar-refractivity contribution in [2.24, 2.45) is 0 Å². The number of carbonyl (C=O) groups is 1. The van der Waals surface area contributed by atoms with Crippen molar-refractivity contribution in [3.63, 3.8) is 0 Å². The van der Waals surface area contributed by atoms with Gasteiger partial charge in [-0.2, -0.15) is 0 Å². The van der Waals surface area contributed by atoms with Gasteiger partial charge in [-0.15, -0.1) is 0 Å². The normalized spacial score (nSPS) is 20.1. The minimum atomic E-state index is -1.04. The summed E-state index contributed by atoms with van der Waals surface area (Å²) in [5.41, 5.74) is 1.69. The van der Waals surface area contributed by atoms with Crippen molar-refractivity contribution in [2.75, 3.05) is 5.32 Å². The predicted octanol–water partition coefficient (Wildman–Crippen LogP) is 4.03. The Morgan fingerprint density at radius 2 is 1.62 bits per heavy atom. The number of benzene rings is 2. The highest BCUT2D eigenvalue weighted by molar-refractivity contribution is 6.31. The summed E-state index contributed by atoms with van der Waals surface area (Å²) in [4.78, 5) is 11.8. The Morgan fingerprint density at radius 3 is 2.29 bits per heavy atom. The highest BCUT2D eigenvalue weighted by Crippen LogP contribution is 2.35. The zero-order chi connectivity index (χ0) is 15.0. The van der Waals surface area contributed by atoms with E-state index in [4.69, 9.17) is 23.2 Å². The Balaban J connectivity index is 1.93. The minimum Gasteiger partial charge on any atom is -0.479 e. The molecule has 2 aromatic carbocycles. The Morgan fingerprint density at radius 1 is 1.00 bits per heavy atom. The summed E-state index contributed by atoms with van der Waals surface area (Å²) in [6.45, 7) is 0. The second kappa shape index (κ2) is 5.24. The number of carboxylic acids is 1. The average molecular weight is 322 g/mol. The molecule has 0 aliphatic heterocycles. The van der Waals surface area contributed by atoms with Crippen LogP contribution in [0.15, 0.2) is 42.5 Å². The fraction of sp³-hybridized carbons (Fsp3) is 0.188. The van der Waals surface area contributed by atoms with Crippen molar-refractivity contribution in [1.82, 2.24) is 0 Å². The highest BCUT2D eigenvalue weighted by atomic mass is 35.5. The van der Waals surface area contributed by atoms with Crippen molar-refractivity contribution in [1.29, 1.82) is 0 Å². The molecule has 1 unspecified atom stereocenters. The third-order valence-electron chi connectivity index (χ3n) is 3.79. The second-order valence-corrected chi connectivity index (χ2v) is 6.16. The number of hydrogen-bond donors (Lipinski definition) is 2. The van der Waals surface area contributed by atoms with Crippen LogP contribution in [-0.2, 0) is 17.6 Å². The summed E-state index contributed by atoms with van der Waals surface area (Å²) in [5, 5.41) is 14.1. The molecular formula is C16H13Cl2NO2. The number of aliphatic carboxylic acids is 1. The van der Waals surface area contributed by atoms with E-state index in [1.54, 1.807) is 30.3 Å². The Bertz CT molecular complexity index is 700. The first-order chi connectivity index (χ1) is 9.98.